The zero-order valence-corrected chi connectivity index (χ0v) is 11.5. The van der Waals surface area contributed by atoms with Crippen LogP contribution in [0, 0.1) is 16.0 Å². The Labute approximate surface area is 122 Å². The van der Waals surface area contributed by atoms with E-state index in [0.717, 1.165) is 17.5 Å². The fourth-order valence-electron chi connectivity index (χ4n) is 2.98. The summed E-state index contributed by atoms with van der Waals surface area (Å²) in [6, 6.07) is 14.4. The van der Waals surface area contributed by atoms with Gasteiger partial charge in [-0.25, -0.2) is 0 Å². The Morgan fingerprint density at radius 3 is 2.57 bits per heavy atom. The van der Waals surface area contributed by atoms with E-state index in [0.29, 0.717) is 18.4 Å². The maximum Gasteiger partial charge on any atom is 0.272 e. The molecule has 1 aliphatic rings. The second-order valence-electron chi connectivity index (χ2n) is 5.35. The number of Topliss-reactive ketones (excluding diaryl/α,β-unsaturated/α-hetero) is 1. The Bertz CT molecular complexity index is 709. The van der Waals surface area contributed by atoms with Gasteiger partial charge in [0, 0.05) is 23.1 Å². The molecule has 1 aliphatic carbocycles. The molecule has 4 nitrogen and oxygen atoms in total. The molecule has 0 heterocycles. The highest BCUT2D eigenvalue weighted by atomic mass is 16.6. The summed E-state index contributed by atoms with van der Waals surface area (Å²) in [6.07, 6.45) is 1.95. The average Bonchev–Trinajstić information content (AvgIpc) is 2.82. The van der Waals surface area contributed by atoms with E-state index in [2.05, 4.69) is 0 Å². The summed E-state index contributed by atoms with van der Waals surface area (Å²) in [5, 5.41) is 11.0. The van der Waals surface area contributed by atoms with Crippen molar-refractivity contribution in [2.24, 2.45) is 5.92 Å². The van der Waals surface area contributed by atoms with Gasteiger partial charge in [0.15, 0.2) is 5.78 Å². The summed E-state index contributed by atoms with van der Waals surface area (Å²) >= 11 is 0. The quantitative estimate of drug-likeness (QED) is 0.635. The molecule has 3 rings (SSSR count). The first-order chi connectivity index (χ1) is 10.2. The molecule has 0 saturated carbocycles. The van der Waals surface area contributed by atoms with Gasteiger partial charge in [-0.3, -0.25) is 14.9 Å². The van der Waals surface area contributed by atoms with Gasteiger partial charge in [-0.05, 0) is 24.8 Å². The van der Waals surface area contributed by atoms with Crippen molar-refractivity contribution in [2.75, 3.05) is 0 Å². The molecule has 0 radical (unpaired) electrons. The van der Waals surface area contributed by atoms with Crippen molar-refractivity contribution >= 4 is 11.5 Å². The summed E-state index contributed by atoms with van der Waals surface area (Å²) in [6.45, 7) is 0. The summed E-state index contributed by atoms with van der Waals surface area (Å²) in [4.78, 5) is 22.9. The van der Waals surface area contributed by atoms with Gasteiger partial charge in [0.05, 0.1) is 4.92 Å². The zero-order valence-electron chi connectivity index (χ0n) is 11.5. The second-order valence-corrected chi connectivity index (χ2v) is 5.35. The fraction of sp³-hybridized carbons (Fsp3) is 0.235. The molecule has 0 amide bonds. The number of para-hydroxylation sites is 1. The van der Waals surface area contributed by atoms with Gasteiger partial charge in [-0.15, -0.1) is 0 Å². The standard InChI is InChI=1S/C17H15NO3/c19-17-14(11-13-6-1-3-7-15(13)17)10-9-12-5-2-4-8-16(12)18(20)21/h1-8,14H,9-11H2. The molecular formula is C17H15NO3. The summed E-state index contributed by atoms with van der Waals surface area (Å²) in [5.41, 5.74) is 2.74. The number of hydrogen-bond acceptors (Lipinski definition) is 3. The fourth-order valence-corrected chi connectivity index (χ4v) is 2.98. The molecule has 0 aromatic heterocycles. The maximum absolute atomic E-state index is 12.3. The number of nitro groups is 1. The number of carbonyl (C=O) groups is 1. The van der Waals surface area contributed by atoms with Gasteiger partial charge in [0.1, 0.15) is 0 Å². The van der Waals surface area contributed by atoms with Crippen LogP contribution < -0.4 is 0 Å². The van der Waals surface area contributed by atoms with Crippen LogP contribution in [0.4, 0.5) is 5.69 Å². The number of hydrogen-bond donors (Lipinski definition) is 0. The first-order valence-corrected chi connectivity index (χ1v) is 7.01. The van der Waals surface area contributed by atoms with Gasteiger partial charge in [0.25, 0.3) is 5.69 Å². The van der Waals surface area contributed by atoms with Crippen molar-refractivity contribution in [2.45, 2.75) is 19.3 Å². The van der Waals surface area contributed by atoms with Crippen molar-refractivity contribution in [3.05, 3.63) is 75.3 Å². The third-order valence-electron chi connectivity index (χ3n) is 4.07. The highest BCUT2D eigenvalue weighted by molar-refractivity contribution is 6.02. The lowest BCUT2D eigenvalue weighted by atomic mass is 9.95. The van der Waals surface area contributed by atoms with E-state index < -0.39 is 0 Å². The van der Waals surface area contributed by atoms with E-state index in [1.807, 2.05) is 24.3 Å². The first-order valence-electron chi connectivity index (χ1n) is 7.01. The molecule has 0 aliphatic heterocycles. The van der Waals surface area contributed by atoms with Gasteiger partial charge in [-0.1, -0.05) is 42.5 Å². The highest BCUT2D eigenvalue weighted by Crippen LogP contribution is 2.30. The van der Waals surface area contributed by atoms with Crippen LogP contribution in [-0.2, 0) is 12.8 Å². The molecule has 4 heteroatoms. The largest absolute Gasteiger partial charge is 0.294 e. The summed E-state index contributed by atoms with van der Waals surface area (Å²) in [5.74, 6) is 0.117. The number of rotatable bonds is 4. The molecule has 106 valence electrons. The molecule has 1 atom stereocenters. The number of carbonyl (C=O) groups excluding carboxylic acids is 1. The summed E-state index contributed by atoms with van der Waals surface area (Å²) < 4.78 is 0. The van der Waals surface area contributed by atoms with Crippen molar-refractivity contribution < 1.29 is 9.72 Å². The van der Waals surface area contributed by atoms with E-state index in [4.69, 9.17) is 0 Å². The molecular weight excluding hydrogens is 266 g/mol. The number of nitro benzene ring substituents is 1. The first kappa shape index (κ1) is 13.5. The van der Waals surface area contributed by atoms with E-state index in [9.17, 15) is 14.9 Å². The zero-order chi connectivity index (χ0) is 14.8. The summed E-state index contributed by atoms with van der Waals surface area (Å²) in [7, 11) is 0. The molecule has 0 fully saturated rings. The Kier molecular flexibility index (Phi) is 3.52. The number of aryl methyl sites for hydroxylation is 1. The average molecular weight is 281 g/mol. The van der Waals surface area contributed by atoms with Crippen LogP contribution in [0.25, 0.3) is 0 Å². The van der Waals surface area contributed by atoms with Crippen LogP contribution in [0.5, 0.6) is 0 Å². The monoisotopic (exact) mass is 281 g/mol. The lowest BCUT2D eigenvalue weighted by Gasteiger charge is -2.08. The minimum absolute atomic E-state index is 0.0535. The third-order valence-corrected chi connectivity index (χ3v) is 4.07. The van der Waals surface area contributed by atoms with E-state index in [1.165, 1.54) is 6.07 Å². The maximum atomic E-state index is 12.3. The van der Waals surface area contributed by atoms with Crippen molar-refractivity contribution in [3.8, 4) is 0 Å². The molecule has 1 unspecified atom stereocenters. The van der Waals surface area contributed by atoms with Crippen molar-refractivity contribution in [1.82, 2.24) is 0 Å². The van der Waals surface area contributed by atoms with E-state index >= 15 is 0 Å². The van der Waals surface area contributed by atoms with E-state index in [1.54, 1.807) is 18.2 Å². The number of benzene rings is 2. The number of nitrogens with zero attached hydrogens (tertiary/aromatic N) is 1. The molecule has 0 spiro atoms. The lowest BCUT2D eigenvalue weighted by molar-refractivity contribution is -0.385. The topological polar surface area (TPSA) is 60.2 Å². The van der Waals surface area contributed by atoms with Gasteiger partial charge >= 0.3 is 0 Å². The van der Waals surface area contributed by atoms with Crippen LogP contribution in [0.1, 0.15) is 27.9 Å². The number of fused-ring (bicyclic) bond motifs is 1. The van der Waals surface area contributed by atoms with Crippen molar-refractivity contribution in [1.29, 1.82) is 0 Å². The Hall–Kier alpha value is -2.49. The van der Waals surface area contributed by atoms with Gasteiger partial charge in [0.2, 0.25) is 0 Å². The smallest absolute Gasteiger partial charge is 0.272 e. The van der Waals surface area contributed by atoms with Crippen LogP contribution in [0.15, 0.2) is 48.5 Å². The minimum atomic E-state index is -0.361. The molecule has 2 aromatic carbocycles. The number of ketones is 1. The van der Waals surface area contributed by atoms with Crippen LogP contribution in [-0.4, -0.2) is 10.7 Å². The molecule has 0 bridgehead atoms. The van der Waals surface area contributed by atoms with Gasteiger partial charge in [-0.2, -0.15) is 0 Å². The van der Waals surface area contributed by atoms with Gasteiger partial charge < -0.3 is 0 Å². The van der Waals surface area contributed by atoms with Crippen LogP contribution in [0.3, 0.4) is 0 Å². The predicted molar refractivity (Wildman–Crippen MR) is 79.4 cm³/mol. The van der Waals surface area contributed by atoms with Crippen LogP contribution >= 0.6 is 0 Å². The Balaban J connectivity index is 1.73. The molecule has 2 aromatic rings. The van der Waals surface area contributed by atoms with Crippen LogP contribution in [0.2, 0.25) is 0 Å². The Morgan fingerprint density at radius 1 is 1.10 bits per heavy atom. The SMILES string of the molecule is O=C1c2ccccc2CC1CCc1ccccc1[N+](=O)[O-]. The Morgan fingerprint density at radius 2 is 1.81 bits per heavy atom. The van der Waals surface area contributed by atoms with E-state index in [-0.39, 0.29) is 22.3 Å². The predicted octanol–water partition coefficient (Wildman–Crippen LogP) is 3.58. The highest BCUT2D eigenvalue weighted by Gasteiger charge is 2.30. The third kappa shape index (κ3) is 2.57. The molecule has 21 heavy (non-hydrogen) atoms. The van der Waals surface area contributed by atoms with Crippen molar-refractivity contribution in [3.63, 3.8) is 0 Å². The lowest BCUT2D eigenvalue weighted by Crippen LogP contribution is -2.10. The second kappa shape index (κ2) is 5.48. The normalized spacial score (nSPS) is 16.8. The molecule has 0 saturated heterocycles. The minimum Gasteiger partial charge on any atom is -0.294 e. The molecule has 0 N–H and O–H groups in total.